The number of nitrogens with zero attached hydrogens (tertiary/aromatic N) is 2. The van der Waals surface area contributed by atoms with Gasteiger partial charge in [-0.2, -0.15) is 0 Å². The van der Waals surface area contributed by atoms with E-state index in [0.29, 0.717) is 17.7 Å². The summed E-state index contributed by atoms with van der Waals surface area (Å²) in [4.78, 5) is 30.5. The largest absolute Gasteiger partial charge is 0.362 e. The summed E-state index contributed by atoms with van der Waals surface area (Å²) in [5, 5.41) is 6.95. The van der Waals surface area contributed by atoms with Crippen molar-refractivity contribution < 1.29 is 9.59 Å². The average molecular weight is 383 g/mol. The summed E-state index contributed by atoms with van der Waals surface area (Å²) in [5.41, 5.74) is 1.26. The molecule has 1 aromatic rings. The second kappa shape index (κ2) is 6.76. The number of likely N-dealkylation sites (N-methyl/N-ethyl adjacent to an activating group) is 1. The smallest absolute Gasteiger partial charge is 0.255 e. The van der Waals surface area contributed by atoms with Gasteiger partial charge >= 0.3 is 0 Å². The summed E-state index contributed by atoms with van der Waals surface area (Å²) < 4.78 is 0. The third-order valence-electron chi connectivity index (χ3n) is 7.59. The maximum atomic E-state index is 13.3. The van der Waals surface area contributed by atoms with Crippen molar-refractivity contribution in [2.75, 3.05) is 38.0 Å². The van der Waals surface area contributed by atoms with Crippen LogP contribution in [0.15, 0.2) is 24.3 Å². The number of nitrogens with one attached hydrogen (secondary N) is 2. The lowest BCUT2D eigenvalue weighted by Gasteiger charge is -2.57. The van der Waals surface area contributed by atoms with Crippen molar-refractivity contribution in [3.05, 3.63) is 29.8 Å². The fourth-order valence-electron chi connectivity index (χ4n) is 5.96. The molecule has 2 N–H and O–H groups in total. The molecule has 0 radical (unpaired) electrons. The van der Waals surface area contributed by atoms with Gasteiger partial charge in [0.2, 0.25) is 5.91 Å². The van der Waals surface area contributed by atoms with Crippen LogP contribution in [0.2, 0.25) is 0 Å². The zero-order valence-corrected chi connectivity index (χ0v) is 16.6. The van der Waals surface area contributed by atoms with Crippen LogP contribution in [0.1, 0.15) is 43.0 Å². The van der Waals surface area contributed by atoms with E-state index >= 15 is 0 Å². The topological polar surface area (TPSA) is 64.7 Å². The van der Waals surface area contributed by atoms with Crippen LogP contribution in [0.4, 0.5) is 5.69 Å². The minimum Gasteiger partial charge on any atom is -0.362 e. The van der Waals surface area contributed by atoms with E-state index in [9.17, 15) is 9.59 Å². The Kier molecular flexibility index (Phi) is 4.34. The van der Waals surface area contributed by atoms with Crippen LogP contribution >= 0.6 is 0 Å². The van der Waals surface area contributed by atoms with Gasteiger partial charge in [0.1, 0.15) is 5.66 Å². The van der Waals surface area contributed by atoms with Crippen LogP contribution in [0.25, 0.3) is 0 Å². The molecule has 3 saturated carbocycles. The summed E-state index contributed by atoms with van der Waals surface area (Å²) >= 11 is 0. The van der Waals surface area contributed by atoms with Gasteiger partial charge in [0.25, 0.3) is 5.91 Å². The molecule has 6 nitrogen and oxygen atoms in total. The van der Waals surface area contributed by atoms with Gasteiger partial charge < -0.3 is 20.4 Å². The maximum Gasteiger partial charge on any atom is 0.255 e. The molecule has 5 aliphatic rings. The highest BCUT2D eigenvalue weighted by atomic mass is 16.2. The quantitative estimate of drug-likeness (QED) is 0.823. The number of rotatable bonds is 2. The molecule has 2 amide bonds. The molecule has 0 unspecified atom stereocenters. The van der Waals surface area contributed by atoms with E-state index in [1.807, 2.05) is 24.3 Å². The number of hydrogen-bond acceptors (Lipinski definition) is 4. The van der Waals surface area contributed by atoms with Gasteiger partial charge in [-0.15, -0.1) is 0 Å². The number of carbonyl (C=O) groups is 2. The third-order valence-corrected chi connectivity index (χ3v) is 7.59. The van der Waals surface area contributed by atoms with Crippen molar-refractivity contribution in [3.8, 4) is 0 Å². The highest BCUT2D eigenvalue weighted by Crippen LogP contribution is 2.52. The lowest BCUT2D eigenvalue weighted by molar-refractivity contribution is -0.144. The number of para-hydroxylation sites is 1. The van der Waals surface area contributed by atoms with E-state index in [4.69, 9.17) is 0 Å². The minimum atomic E-state index is -0.383. The summed E-state index contributed by atoms with van der Waals surface area (Å²) in [6.07, 6.45) is 3.90. The Morgan fingerprint density at radius 2 is 1.93 bits per heavy atom. The van der Waals surface area contributed by atoms with E-state index in [1.54, 1.807) is 0 Å². The molecule has 1 spiro atoms. The molecule has 6 rings (SSSR count). The predicted molar refractivity (Wildman–Crippen MR) is 108 cm³/mol. The van der Waals surface area contributed by atoms with Crippen LogP contribution < -0.4 is 10.6 Å². The lowest BCUT2D eigenvalue weighted by atomic mass is 9.58. The van der Waals surface area contributed by atoms with E-state index in [1.165, 1.54) is 0 Å². The molecule has 0 aromatic heterocycles. The van der Waals surface area contributed by atoms with Crippen LogP contribution in [0, 0.1) is 17.8 Å². The SMILES string of the molecule is CCN1CCN(C(=O)[C@@H]2C[C@H]3CC[C@@H]2C[C@]32NC(=O)c3ccccc3N2)CC1. The van der Waals surface area contributed by atoms with Crippen LogP contribution in [-0.4, -0.2) is 60.0 Å². The first-order valence-electron chi connectivity index (χ1n) is 10.8. The van der Waals surface area contributed by atoms with E-state index in [0.717, 1.165) is 69.7 Å². The first-order valence-corrected chi connectivity index (χ1v) is 10.8. The minimum absolute atomic E-state index is 0.0143. The summed E-state index contributed by atoms with van der Waals surface area (Å²) in [5.74, 6) is 1.14. The molecule has 4 fully saturated rings. The monoisotopic (exact) mass is 382 g/mol. The van der Waals surface area contributed by atoms with Crippen LogP contribution in [0.5, 0.6) is 0 Å². The van der Waals surface area contributed by atoms with Gasteiger partial charge in [-0.05, 0) is 50.3 Å². The molecule has 1 aromatic carbocycles. The van der Waals surface area contributed by atoms with E-state index in [-0.39, 0.29) is 17.5 Å². The second-order valence-electron chi connectivity index (χ2n) is 8.94. The fourth-order valence-corrected chi connectivity index (χ4v) is 5.96. The van der Waals surface area contributed by atoms with Crippen molar-refractivity contribution in [1.82, 2.24) is 15.1 Å². The number of carbonyl (C=O) groups excluding carboxylic acids is 2. The van der Waals surface area contributed by atoms with Gasteiger partial charge in [0.05, 0.1) is 5.56 Å². The number of piperazine rings is 1. The van der Waals surface area contributed by atoms with Gasteiger partial charge in [0.15, 0.2) is 0 Å². The Hall–Kier alpha value is -2.08. The molecular weight excluding hydrogens is 352 g/mol. The third kappa shape index (κ3) is 2.81. The summed E-state index contributed by atoms with van der Waals surface area (Å²) in [6, 6.07) is 7.74. The first-order chi connectivity index (χ1) is 13.6. The molecule has 2 aliphatic heterocycles. The van der Waals surface area contributed by atoms with Crippen molar-refractivity contribution in [1.29, 1.82) is 0 Å². The van der Waals surface area contributed by atoms with Gasteiger partial charge in [-0.25, -0.2) is 0 Å². The Morgan fingerprint density at radius 1 is 1.14 bits per heavy atom. The lowest BCUT2D eigenvalue weighted by Crippen LogP contribution is -2.68. The number of fused-ring (bicyclic) bond motifs is 3. The van der Waals surface area contributed by atoms with Crippen LogP contribution in [0.3, 0.4) is 0 Å². The highest BCUT2D eigenvalue weighted by Gasteiger charge is 2.55. The Balaban J connectivity index is 1.32. The van der Waals surface area contributed by atoms with E-state index < -0.39 is 0 Å². The molecule has 150 valence electrons. The van der Waals surface area contributed by atoms with Crippen LogP contribution in [-0.2, 0) is 4.79 Å². The van der Waals surface area contributed by atoms with Gasteiger partial charge in [0, 0.05) is 43.7 Å². The molecule has 3 aliphatic carbocycles. The summed E-state index contributed by atoms with van der Waals surface area (Å²) in [7, 11) is 0. The average Bonchev–Trinajstić information content (AvgIpc) is 2.73. The Labute approximate surface area is 166 Å². The van der Waals surface area contributed by atoms with Crippen molar-refractivity contribution >= 4 is 17.5 Å². The predicted octanol–water partition coefficient (Wildman–Crippen LogP) is 2.14. The normalized spacial score (nSPS) is 34.7. The highest BCUT2D eigenvalue weighted by molar-refractivity contribution is 6.02. The molecular formula is C22H30N4O2. The van der Waals surface area contributed by atoms with Gasteiger partial charge in [-0.1, -0.05) is 19.1 Å². The molecule has 28 heavy (non-hydrogen) atoms. The zero-order valence-electron chi connectivity index (χ0n) is 16.6. The second-order valence-corrected chi connectivity index (χ2v) is 8.94. The Bertz CT molecular complexity index is 788. The molecule has 2 heterocycles. The van der Waals surface area contributed by atoms with Gasteiger partial charge in [-0.3, -0.25) is 9.59 Å². The molecule has 4 atom stereocenters. The first kappa shape index (κ1) is 18.0. The maximum absolute atomic E-state index is 13.3. The van der Waals surface area contributed by atoms with Crippen molar-refractivity contribution in [2.24, 2.45) is 17.8 Å². The molecule has 2 bridgehead atoms. The Morgan fingerprint density at radius 3 is 2.64 bits per heavy atom. The number of anilines is 1. The summed E-state index contributed by atoms with van der Waals surface area (Å²) in [6.45, 7) is 6.93. The molecule has 1 saturated heterocycles. The van der Waals surface area contributed by atoms with E-state index in [2.05, 4.69) is 27.4 Å². The standard InChI is InChI=1S/C22H30N4O2/c1-2-25-9-11-26(12-10-25)21(28)18-13-16-8-7-15(18)14-22(16)23-19-6-4-3-5-17(19)20(27)24-22/h3-6,15-16,18,23H,2,7-14H2,1H3,(H,24,27)/t15-,16-,18-,22+/m1/s1. The molecule has 6 heteroatoms. The number of hydrogen-bond donors (Lipinski definition) is 2. The van der Waals surface area contributed by atoms with Crippen molar-refractivity contribution in [3.63, 3.8) is 0 Å². The van der Waals surface area contributed by atoms with Crippen molar-refractivity contribution in [2.45, 2.75) is 38.3 Å². The fraction of sp³-hybridized carbons (Fsp3) is 0.636. The number of benzene rings is 1. The number of amides is 2. The zero-order chi connectivity index (χ0) is 19.3.